The van der Waals surface area contributed by atoms with E-state index in [4.69, 9.17) is 5.26 Å². The van der Waals surface area contributed by atoms with Crippen LogP contribution in [0.3, 0.4) is 0 Å². The van der Waals surface area contributed by atoms with E-state index < -0.39 is 6.10 Å². The first-order valence-corrected chi connectivity index (χ1v) is 3.79. The molecule has 11 heavy (non-hydrogen) atoms. The van der Waals surface area contributed by atoms with Gasteiger partial charge in [0.05, 0.1) is 18.1 Å². The van der Waals surface area contributed by atoms with Crippen molar-refractivity contribution in [1.82, 2.24) is 4.90 Å². The lowest BCUT2D eigenvalue weighted by atomic mass is 9.93. The predicted octanol–water partition coefficient (Wildman–Crippen LogP) is 0.211. The molecule has 62 valence electrons. The largest absolute Gasteiger partial charge is 0.390 e. The standard InChI is InChI=1S/C8H14N2O/c1-8(2)7(11)6(4-9)5-10(8)3/h6-7,11H,5H2,1-3H3. The zero-order chi connectivity index (χ0) is 8.65. The predicted molar refractivity (Wildman–Crippen MR) is 41.8 cm³/mol. The van der Waals surface area contributed by atoms with Gasteiger partial charge in [0.1, 0.15) is 0 Å². The maximum absolute atomic E-state index is 9.62. The molecule has 0 radical (unpaired) electrons. The highest BCUT2D eigenvalue weighted by Crippen LogP contribution is 2.30. The Labute approximate surface area is 67.2 Å². The Kier molecular flexibility index (Phi) is 1.91. The lowest BCUT2D eigenvalue weighted by Crippen LogP contribution is -2.43. The van der Waals surface area contributed by atoms with Gasteiger partial charge in [-0.2, -0.15) is 5.26 Å². The Balaban J connectivity index is 2.82. The fourth-order valence-electron chi connectivity index (χ4n) is 1.46. The van der Waals surface area contributed by atoms with Crippen molar-refractivity contribution >= 4 is 0 Å². The Morgan fingerprint density at radius 3 is 2.36 bits per heavy atom. The summed E-state index contributed by atoms with van der Waals surface area (Å²) in [6.45, 7) is 4.58. The van der Waals surface area contributed by atoms with E-state index in [9.17, 15) is 5.11 Å². The number of nitrogens with zero attached hydrogens (tertiary/aromatic N) is 2. The van der Waals surface area contributed by atoms with Crippen LogP contribution in [0.25, 0.3) is 0 Å². The van der Waals surface area contributed by atoms with Crippen LogP contribution in [0.1, 0.15) is 13.8 Å². The molecule has 0 aromatic rings. The number of hydrogen-bond donors (Lipinski definition) is 1. The fraction of sp³-hybridized carbons (Fsp3) is 0.875. The number of hydrogen-bond acceptors (Lipinski definition) is 3. The van der Waals surface area contributed by atoms with Gasteiger partial charge in [0.15, 0.2) is 0 Å². The van der Waals surface area contributed by atoms with Gasteiger partial charge in [-0.15, -0.1) is 0 Å². The molecule has 0 aromatic carbocycles. The summed E-state index contributed by atoms with van der Waals surface area (Å²) in [7, 11) is 1.93. The molecule has 2 atom stereocenters. The van der Waals surface area contributed by atoms with Gasteiger partial charge in [0.2, 0.25) is 0 Å². The molecular formula is C8H14N2O. The summed E-state index contributed by atoms with van der Waals surface area (Å²) < 4.78 is 0. The minimum Gasteiger partial charge on any atom is -0.390 e. The number of likely N-dealkylation sites (tertiary alicyclic amines) is 1. The van der Waals surface area contributed by atoms with Gasteiger partial charge >= 0.3 is 0 Å². The van der Waals surface area contributed by atoms with Crippen LogP contribution in [0.2, 0.25) is 0 Å². The van der Waals surface area contributed by atoms with Crippen LogP contribution in [0.4, 0.5) is 0 Å². The number of aliphatic hydroxyl groups excluding tert-OH is 1. The quantitative estimate of drug-likeness (QED) is 0.542. The summed E-state index contributed by atoms with van der Waals surface area (Å²) in [5, 5.41) is 18.3. The SMILES string of the molecule is CN1CC(C#N)C(O)C1(C)C. The molecule has 1 aliphatic heterocycles. The molecule has 0 spiro atoms. The Hall–Kier alpha value is -0.590. The molecule has 0 bridgehead atoms. The van der Waals surface area contributed by atoms with Crippen LogP contribution in [-0.2, 0) is 0 Å². The highest BCUT2D eigenvalue weighted by molar-refractivity contribution is 5.06. The third-order valence-corrected chi connectivity index (χ3v) is 2.73. The van der Waals surface area contributed by atoms with Crippen LogP contribution < -0.4 is 0 Å². The van der Waals surface area contributed by atoms with Crippen molar-refractivity contribution in [2.45, 2.75) is 25.5 Å². The van der Waals surface area contributed by atoms with Crippen molar-refractivity contribution in [3.63, 3.8) is 0 Å². The summed E-state index contributed by atoms with van der Waals surface area (Å²) in [4.78, 5) is 2.02. The normalized spacial score (nSPS) is 37.0. The van der Waals surface area contributed by atoms with Crippen molar-refractivity contribution in [3.05, 3.63) is 0 Å². The summed E-state index contributed by atoms with van der Waals surface area (Å²) >= 11 is 0. The molecule has 2 unspecified atom stereocenters. The number of likely N-dealkylation sites (N-methyl/N-ethyl adjacent to an activating group) is 1. The van der Waals surface area contributed by atoms with Crippen molar-refractivity contribution in [1.29, 1.82) is 5.26 Å². The van der Waals surface area contributed by atoms with Crippen LogP contribution in [0.15, 0.2) is 0 Å². The minimum atomic E-state index is -0.516. The summed E-state index contributed by atoms with van der Waals surface area (Å²) in [5.41, 5.74) is -0.250. The second-order valence-corrected chi connectivity index (χ2v) is 3.71. The fourth-order valence-corrected chi connectivity index (χ4v) is 1.46. The van der Waals surface area contributed by atoms with E-state index in [-0.39, 0.29) is 11.5 Å². The molecule has 3 heteroatoms. The molecule has 1 N–H and O–H groups in total. The van der Waals surface area contributed by atoms with E-state index in [1.807, 2.05) is 25.8 Å². The average molecular weight is 154 g/mol. The van der Waals surface area contributed by atoms with Gasteiger partial charge in [0.25, 0.3) is 0 Å². The second kappa shape index (κ2) is 2.47. The summed E-state index contributed by atoms with van der Waals surface area (Å²) in [6.07, 6.45) is -0.516. The Morgan fingerprint density at radius 1 is 1.64 bits per heavy atom. The van der Waals surface area contributed by atoms with Gasteiger partial charge in [-0.1, -0.05) is 0 Å². The van der Waals surface area contributed by atoms with Gasteiger partial charge in [-0.05, 0) is 20.9 Å². The van der Waals surface area contributed by atoms with Gasteiger partial charge < -0.3 is 5.11 Å². The zero-order valence-electron chi connectivity index (χ0n) is 7.20. The molecule has 1 fully saturated rings. The molecular weight excluding hydrogens is 140 g/mol. The lowest BCUT2D eigenvalue weighted by molar-refractivity contribution is 0.0587. The van der Waals surface area contributed by atoms with Gasteiger partial charge in [0, 0.05) is 12.1 Å². The lowest BCUT2D eigenvalue weighted by Gasteiger charge is -2.30. The Bertz CT molecular complexity index is 195. The van der Waals surface area contributed by atoms with Crippen LogP contribution >= 0.6 is 0 Å². The molecule has 3 nitrogen and oxygen atoms in total. The first-order valence-electron chi connectivity index (χ1n) is 3.79. The Morgan fingerprint density at radius 2 is 2.18 bits per heavy atom. The van der Waals surface area contributed by atoms with E-state index in [1.54, 1.807) is 0 Å². The highest BCUT2D eigenvalue weighted by Gasteiger charge is 2.44. The smallest absolute Gasteiger partial charge is 0.0888 e. The molecule has 1 heterocycles. The average Bonchev–Trinajstić information content (AvgIpc) is 2.14. The van der Waals surface area contributed by atoms with Gasteiger partial charge in [-0.3, -0.25) is 4.90 Å². The van der Waals surface area contributed by atoms with E-state index in [0.717, 1.165) is 0 Å². The van der Waals surface area contributed by atoms with Crippen LogP contribution in [-0.4, -0.2) is 35.2 Å². The van der Waals surface area contributed by atoms with Crippen molar-refractivity contribution in [2.75, 3.05) is 13.6 Å². The van der Waals surface area contributed by atoms with E-state index in [1.165, 1.54) is 0 Å². The maximum atomic E-state index is 9.62. The van der Waals surface area contributed by atoms with Crippen molar-refractivity contribution in [3.8, 4) is 6.07 Å². The van der Waals surface area contributed by atoms with Gasteiger partial charge in [-0.25, -0.2) is 0 Å². The first kappa shape index (κ1) is 8.51. The van der Waals surface area contributed by atoms with Crippen molar-refractivity contribution < 1.29 is 5.11 Å². The molecule has 0 saturated carbocycles. The molecule has 1 aliphatic rings. The topological polar surface area (TPSA) is 47.3 Å². The van der Waals surface area contributed by atoms with Crippen molar-refractivity contribution in [2.24, 2.45) is 5.92 Å². The summed E-state index contributed by atoms with van der Waals surface area (Å²) in [6, 6.07) is 2.11. The number of nitriles is 1. The van der Waals surface area contributed by atoms with E-state index in [0.29, 0.717) is 6.54 Å². The van der Waals surface area contributed by atoms with Crippen LogP contribution in [0, 0.1) is 17.2 Å². The number of rotatable bonds is 0. The monoisotopic (exact) mass is 154 g/mol. The molecule has 0 aliphatic carbocycles. The summed E-state index contributed by atoms with van der Waals surface area (Å²) in [5.74, 6) is -0.227. The van der Waals surface area contributed by atoms with Crippen LogP contribution in [0.5, 0.6) is 0 Å². The number of aliphatic hydroxyl groups is 1. The minimum absolute atomic E-state index is 0.227. The molecule has 0 amide bonds. The first-order chi connectivity index (χ1) is 5.00. The maximum Gasteiger partial charge on any atom is 0.0888 e. The zero-order valence-corrected chi connectivity index (χ0v) is 7.20. The molecule has 1 saturated heterocycles. The molecule has 1 rings (SSSR count). The second-order valence-electron chi connectivity index (χ2n) is 3.71. The highest BCUT2D eigenvalue weighted by atomic mass is 16.3. The third-order valence-electron chi connectivity index (χ3n) is 2.73. The van der Waals surface area contributed by atoms with E-state index >= 15 is 0 Å². The van der Waals surface area contributed by atoms with E-state index in [2.05, 4.69) is 6.07 Å². The molecule has 0 aromatic heterocycles. The third kappa shape index (κ3) is 1.13.